The molecule has 76 valence electrons. The fourth-order valence-corrected chi connectivity index (χ4v) is 1.58. The molecule has 0 spiro atoms. The van der Waals surface area contributed by atoms with E-state index >= 15 is 0 Å². The molecule has 0 bridgehead atoms. The van der Waals surface area contributed by atoms with Gasteiger partial charge in [0.1, 0.15) is 5.82 Å². The van der Waals surface area contributed by atoms with Gasteiger partial charge in [0.15, 0.2) is 5.78 Å². The first kappa shape index (κ1) is 11.7. The summed E-state index contributed by atoms with van der Waals surface area (Å²) in [6.07, 6.45) is 0.864. The molecule has 1 aromatic rings. The highest BCUT2D eigenvalue weighted by molar-refractivity contribution is 9.10. The lowest BCUT2D eigenvalue weighted by Gasteiger charge is -2.02. The van der Waals surface area contributed by atoms with E-state index in [0.29, 0.717) is 16.8 Å². The molecule has 0 heterocycles. The molecular formula is C10H9BrClFO. The van der Waals surface area contributed by atoms with Crippen molar-refractivity contribution in [1.82, 2.24) is 0 Å². The maximum absolute atomic E-state index is 13.4. The van der Waals surface area contributed by atoms with Gasteiger partial charge in [-0.15, -0.1) is 11.6 Å². The molecule has 0 aliphatic carbocycles. The third-order valence-electron chi connectivity index (χ3n) is 1.79. The van der Waals surface area contributed by atoms with Gasteiger partial charge in [-0.1, -0.05) is 6.07 Å². The Morgan fingerprint density at radius 2 is 2.21 bits per heavy atom. The van der Waals surface area contributed by atoms with Crippen molar-refractivity contribution in [3.63, 3.8) is 0 Å². The van der Waals surface area contributed by atoms with E-state index in [4.69, 9.17) is 11.6 Å². The Morgan fingerprint density at radius 1 is 1.50 bits per heavy atom. The van der Waals surface area contributed by atoms with E-state index in [-0.39, 0.29) is 17.8 Å². The molecule has 14 heavy (non-hydrogen) atoms. The second-order valence-electron chi connectivity index (χ2n) is 2.82. The summed E-state index contributed by atoms with van der Waals surface area (Å²) in [6, 6.07) is 4.69. The minimum Gasteiger partial charge on any atom is -0.294 e. The molecule has 0 atom stereocenters. The Kier molecular flexibility index (Phi) is 4.55. The zero-order chi connectivity index (χ0) is 10.6. The highest BCUT2D eigenvalue weighted by Crippen LogP contribution is 2.20. The standard InChI is InChI=1S/C10H9BrClFO/c11-8-4-1-3-7(10(8)13)9(14)5-2-6-12/h1,3-4H,2,5-6H2. The van der Waals surface area contributed by atoms with Gasteiger partial charge in [0.25, 0.3) is 0 Å². The molecule has 0 aliphatic rings. The van der Waals surface area contributed by atoms with Gasteiger partial charge in [0, 0.05) is 12.3 Å². The number of rotatable bonds is 4. The lowest BCUT2D eigenvalue weighted by Crippen LogP contribution is -2.02. The van der Waals surface area contributed by atoms with E-state index in [1.807, 2.05) is 0 Å². The third-order valence-corrected chi connectivity index (χ3v) is 2.67. The van der Waals surface area contributed by atoms with E-state index in [9.17, 15) is 9.18 Å². The molecule has 1 rings (SSSR count). The number of hydrogen-bond donors (Lipinski definition) is 0. The Balaban J connectivity index is 2.84. The van der Waals surface area contributed by atoms with Crippen LogP contribution in [-0.2, 0) is 0 Å². The Labute approximate surface area is 95.4 Å². The Morgan fingerprint density at radius 3 is 2.86 bits per heavy atom. The molecule has 0 radical (unpaired) electrons. The van der Waals surface area contributed by atoms with E-state index in [0.717, 1.165) is 0 Å². The predicted octanol–water partition coefficient (Wildman–Crippen LogP) is 3.79. The van der Waals surface area contributed by atoms with Crippen LogP contribution >= 0.6 is 27.5 Å². The number of halogens is 3. The highest BCUT2D eigenvalue weighted by atomic mass is 79.9. The minimum absolute atomic E-state index is 0.129. The monoisotopic (exact) mass is 278 g/mol. The number of benzene rings is 1. The molecular weight excluding hydrogens is 270 g/mol. The average Bonchev–Trinajstić information content (AvgIpc) is 2.18. The highest BCUT2D eigenvalue weighted by Gasteiger charge is 2.12. The zero-order valence-electron chi connectivity index (χ0n) is 7.40. The van der Waals surface area contributed by atoms with E-state index in [2.05, 4.69) is 15.9 Å². The van der Waals surface area contributed by atoms with Gasteiger partial charge in [-0.3, -0.25) is 4.79 Å². The van der Waals surface area contributed by atoms with E-state index < -0.39 is 5.82 Å². The summed E-state index contributed by atoms with van der Waals surface area (Å²) in [7, 11) is 0. The first-order valence-electron chi connectivity index (χ1n) is 4.20. The van der Waals surface area contributed by atoms with Crippen molar-refractivity contribution in [2.45, 2.75) is 12.8 Å². The van der Waals surface area contributed by atoms with Crippen molar-refractivity contribution in [2.75, 3.05) is 5.88 Å². The van der Waals surface area contributed by atoms with Crippen LogP contribution in [0.2, 0.25) is 0 Å². The number of carbonyl (C=O) groups excluding carboxylic acids is 1. The molecule has 0 fully saturated rings. The summed E-state index contributed by atoms with van der Waals surface area (Å²) in [4.78, 5) is 11.5. The third kappa shape index (κ3) is 2.79. The number of ketones is 1. The molecule has 0 saturated heterocycles. The maximum atomic E-state index is 13.4. The Bertz CT molecular complexity index is 341. The van der Waals surface area contributed by atoms with Gasteiger partial charge >= 0.3 is 0 Å². The van der Waals surface area contributed by atoms with Crippen LogP contribution in [0.15, 0.2) is 22.7 Å². The van der Waals surface area contributed by atoms with Crippen LogP contribution in [0, 0.1) is 5.82 Å². The molecule has 0 saturated carbocycles. The first-order chi connectivity index (χ1) is 6.66. The fraction of sp³-hybridized carbons (Fsp3) is 0.300. The summed E-state index contributed by atoms with van der Waals surface area (Å²) in [5, 5.41) is 0. The van der Waals surface area contributed by atoms with Crippen LogP contribution in [0.25, 0.3) is 0 Å². The SMILES string of the molecule is O=C(CCCCl)c1cccc(Br)c1F. The molecule has 0 unspecified atom stereocenters. The molecule has 1 nitrogen and oxygen atoms in total. The molecule has 1 aromatic carbocycles. The number of hydrogen-bond acceptors (Lipinski definition) is 1. The summed E-state index contributed by atoms with van der Waals surface area (Å²) in [5.74, 6) is -0.280. The van der Waals surface area contributed by atoms with Crippen molar-refractivity contribution in [3.8, 4) is 0 Å². The zero-order valence-corrected chi connectivity index (χ0v) is 9.74. The second-order valence-corrected chi connectivity index (χ2v) is 4.05. The van der Waals surface area contributed by atoms with Crippen molar-refractivity contribution in [1.29, 1.82) is 0 Å². The fourth-order valence-electron chi connectivity index (χ4n) is 1.08. The van der Waals surface area contributed by atoms with E-state index in [1.165, 1.54) is 6.07 Å². The summed E-state index contributed by atoms with van der Waals surface area (Å²) < 4.78 is 13.7. The summed E-state index contributed by atoms with van der Waals surface area (Å²) in [6.45, 7) is 0. The second kappa shape index (κ2) is 5.47. The number of carbonyl (C=O) groups is 1. The smallest absolute Gasteiger partial charge is 0.165 e. The van der Waals surface area contributed by atoms with Gasteiger partial charge in [-0.25, -0.2) is 4.39 Å². The van der Waals surface area contributed by atoms with Crippen LogP contribution in [0.1, 0.15) is 23.2 Å². The van der Waals surface area contributed by atoms with Crippen LogP contribution < -0.4 is 0 Å². The largest absolute Gasteiger partial charge is 0.294 e. The van der Waals surface area contributed by atoms with Crippen molar-refractivity contribution in [2.24, 2.45) is 0 Å². The lowest BCUT2D eigenvalue weighted by molar-refractivity contribution is 0.0978. The normalized spacial score (nSPS) is 10.2. The quantitative estimate of drug-likeness (QED) is 0.605. The lowest BCUT2D eigenvalue weighted by atomic mass is 10.1. The number of Topliss-reactive ketones (excluding diaryl/α,β-unsaturated/α-hetero) is 1. The average molecular weight is 280 g/mol. The van der Waals surface area contributed by atoms with Gasteiger partial charge in [-0.2, -0.15) is 0 Å². The minimum atomic E-state index is -0.493. The van der Waals surface area contributed by atoms with Crippen LogP contribution in [0.5, 0.6) is 0 Å². The molecule has 0 amide bonds. The van der Waals surface area contributed by atoms with Crippen LogP contribution in [0.4, 0.5) is 4.39 Å². The Hall–Kier alpha value is -0.410. The van der Waals surface area contributed by atoms with Crippen LogP contribution in [-0.4, -0.2) is 11.7 Å². The van der Waals surface area contributed by atoms with Crippen molar-refractivity contribution >= 4 is 33.3 Å². The molecule has 4 heteroatoms. The van der Waals surface area contributed by atoms with Crippen molar-refractivity contribution < 1.29 is 9.18 Å². The van der Waals surface area contributed by atoms with Gasteiger partial charge in [0.05, 0.1) is 10.0 Å². The molecule has 0 aromatic heterocycles. The topological polar surface area (TPSA) is 17.1 Å². The van der Waals surface area contributed by atoms with Gasteiger partial charge < -0.3 is 0 Å². The van der Waals surface area contributed by atoms with Gasteiger partial charge in [-0.05, 0) is 34.5 Å². The molecule has 0 N–H and O–H groups in total. The van der Waals surface area contributed by atoms with Gasteiger partial charge in [0.2, 0.25) is 0 Å². The predicted molar refractivity (Wildman–Crippen MR) is 58.4 cm³/mol. The summed E-state index contributed by atoms with van der Waals surface area (Å²) >= 11 is 8.48. The molecule has 0 aliphatic heterocycles. The van der Waals surface area contributed by atoms with E-state index in [1.54, 1.807) is 12.1 Å². The summed E-state index contributed by atoms with van der Waals surface area (Å²) in [5.41, 5.74) is 0.129. The maximum Gasteiger partial charge on any atom is 0.165 e. The first-order valence-corrected chi connectivity index (χ1v) is 5.52. The van der Waals surface area contributed by atoms with Crippen LogP contribution in [0.3, 0.4) is 0 Å². The van der Waals surface area contributed by atoms with Crippen molar-refractivity contribution in [3.05, 3.63) is 34.1 Å². The number of alkyl halides is 1.